The highest BCUT2D eigenvalue weighted by Gasteiger charge is 1.81. The number of nitrogens with zero attached hydrogens (tertiary/aromatic N) is 2. The van der Waals surface area contributed by atoms with Gasteiger partial charge in [-0.2, -0.15) is 0 Å². The van der Waals surface area contributed by atoms with E-state index in [-0.39, 0.29) is 12.4 Å². The van der Waals surface area contributed by atoms with Crippen LogP contribution in [0.25, 0.3) is 0 Å². The maximum Gasteiger partial charge on any atom is 0.214 e. The van der Waals surface area contributed by atoms with E-state index in [9.17, 15) is 0 Å². The monoisotopic (exact) mass is 137 g/mol. The van der Waals surface area contributed by atoms with Crippen molar-refractivity contribution in [2.45, 2.75) is 6.42 Å². The Hall–Kier alpha value is -0.440. The molecule has 0 spiro atoms. The van der Waals surface area contributed by atoms with Gasteiger partial charge in [-0.3, -0.25) is 0 Å². The minimum absolute atomic E-state index is 0. The second kappa shape index (κ2) is 9.75. The van der Waals surface area contributed by atoms with E-state index >= 15 is 0 Å². The molecule has 0 heterocycles. The van der Waals surface area contributed by atoms with Gasteiger partial charge in [0.1, 0.15) is 17.2 Å². The third kappa shape index (κ3) is 9.12. The Balaban J connectivity index is 0. The molecule has 0 aromatic heterocycles. The van der Waals surface area contributed by atoms with Gasteiger partial charge >= 0.3 is 0 Å². The van der Waals surface area contributed by atoms with E-state index in [1.165, 1.54) is 0 Å². The van der Waals surface area contributed by atoms with E-state index in [0.29, 0.717) is 13.1 Å². The van der Waals surface area contributed by atoms with Gasteiger partial charge in [0.15, 0.2) is 0 Å². The van der Waals surface area contributed by atoms with Crippen molar-refractivity contribution < 1.29 is 0 Å². The Morgan fingerprint density at radius 3 is 2.62 bits per heavy atom. The van der Waals surface area contributed by atoms with Crippen LogP contribution < -0.4 is 10.6 Å². The maximum atomic E-state index is 6.20. The highest BCUT2D eigenvalue weighted by Crippen LogP contribution is 1.70. The van der Waals surface area contributed by atoms with Crippen molar-refractivity contribution in [3.05, 3.63) is 0 Å². The highest BCUT2D eigenvalue weighted by atomic mass is 35.5. The van der Waals surface area contributed by atoms with Gasteiger partial charge in [-0.25, -0.2) is 0 Å². The van der Waals surface area contributed by atoms with Crippen LogP contribution >= 0.6 is 12.4 Å². The molecule has 3 N–H and O–H groups in total. The standard InChI is InChI=1S/C3H9N4.ClH/c4-2-1-3-6-7-5;/h5H,1-4H2;1H/q+1;. The molecule has 0 aliphatic carbocycles. The van der Waals surface area contributed by atoms with E-state index < -0.39 is 0 Å². The summed E-state index contributed by atoms with van der Waals surface area (Å²) in [6.45, 7) is 1.21. The van der Waals surface area contributed by atoms with Gasteiger partial charge in [-0.15, -0.1) is 12.4 Å². The second-order valence-corrected chi connectivity index (χ2v) is 1.11. The summed E-state index contributed by atoms with van der Waals surface area (Å²) in [6, 6.07) is 0. The summed E-state index contributed by atoms with van der Waals surface area (Å²) < 4.78 is 0. The van der Waals surface area contributed by atoms with Crippen molar-refractivity contribution in [2.24, 2.45) is 10.8 Å². The predicted octanol–water partition coefficient (Wildman–Crippen LogP) is 0.307. The summed E-state index contributed by atoms with van der Waals surface area (Å²) in [6.07, 6.45) is 0.822. The van der Waals surface area contributed by atoms with Crippen LogP contribution in [0.4, 0.5) is 0 Å². The first-order valence-electron chi connectivity index (χ1n) is 2.15. The first kappa shape index (κ1) is 10.5. The third-order valence-corrected chi connectivity index (χ3v) is 0.533. The zero-order chi connectivity index (χ0) is 5.54. The van der Waals surface area contributed by atoms with E-state index in [4.69, 9.17) is 11.3 Å². The van der Waals surface area contributed by atoms with Crippen LogP contribution in [0.5, 0.6) is 0 Å². The fourth-order valence-corrected chi connectivity index (χ4v) is 0.212. The molecule has 0 bridgehead atoms. The number of halogens is 1. The molecule has 48 valence electrons. The average molecular weight is 138 g/mol. The Morgan fingerprint density at radius 2 is 2.25 bits per heavy atom. The van der Waals surface area contributed by atoms with Crippen LogP contribution in [0, 0.1) is 5.53 Å². The van der Waals surface area contributed by atoms with Gasteiger partial charge in [-0.1, -0.05) is 0 Å². The molecule has 0 amide bonds. The molecule has 0 unspecified atom stereocenters. The van der Waals surface area contributed by atoms with Crippen LogP contribution in [0.3, 0.4) is 0 Å². The van der Waals surface area contributed by atoms with Crippen molar-refractivity contribution in [1.29, 1.82) is 5.53 Å². The summed E-state index contributed by atoms with van der Waals surface area (Å²) in [4.78, 5) is 2.79. The maximum absolute atomic E-state index is 6.20. The third-order valence-electron chi connectivity index (χ3n) is 0.533. The molecule has 0 rings (SSSR count). The van der Waals surface area contributed by atoms with E-state index in [2.05, 4.69) is 10.0 Å². The summed E-state index contributed by atoms with van der Waals surface area (Å²) in [5.74, 6) is 0. The van der Waals surface area contributed by atoms with Crippen molar-refractivity contribution >= 4 is 12.4 Å². The molecule has 0 aliphatic rings. The summed E-state index contributed by atoms with van der Waals surface area (Å²) in [7, 11) is 0. The molecular formula is C3H10ClN4+. The molecular weight excluding hydrogens is 128 g/mol. The summed E-state index contributed by atoms with van der Waals surface area (Å²) in [5.41, 5.74) is 11.3. The molecule has 0 aromatic carbocycles. The minimum atomic E-state index is 0. The Labute approximate surface area is 54.1 Å². The zero-order valence-corrected chi connectivity index (χ0v) is 5.32. The molecule has 0 saturated heterocycles. The van der Waals surface area contributed by atoms with E-state index in [1.54, 1.807) is 0 Å². The lowest BCUT2D eigenvalue weighted by atomic mass is 10.4. The van der Waals surface area contributed by atoms with Crippen LogP contribution in [0.15, 0.2) is 5.11 Å². The van der Waals surface area contributed by atoms with Gasteiger partial charge in [0, 0.05) is 0 Å². The molecule has 0 radical (unpaired) electrons. The summed E-state index contributed by atoms with van der Waals surface area (Å²) in [5, 5.41) is 3.37. The number of rotatable bonds is 3. The van der Waals surface area contributed by atoms with E-state index in [1.807, 2.05) is 0 Å². The van der Waals surface area contributed by atoms with Crippen molar-refractivity contribution in [1.82, 2.24) is 4.91 Å². The largest absolute Gasteiger partial charge is 0.330 e. The molecule has 0 atom stereocenters. The van der Waals surface area contributed by atoms with Crippen LogP contribution in [0.2, 0.25) is 0 Å². The quantitative estimate of drug-likeness (QED) is 0.328. The highest BCUT2D eigenvalue weighted by molar-refractivity contribution is 5.85. The first-order chi connectivity index (χ1) is 3.41. The van der Waals surface area contributed by atoms with Crippen LogP contribution in [-0.4, -0.2) is 13.1 Å². The van der Waals surface area contributed by atoms with Gasteiger partial charge in [0.05, 0.1) is 0 Å². The fourth-order valence-electron chi connectivity index (χ4n) is 0.212. The molecule has 5 heteroatoms. The van der Waals surface area contributed by atoms with Crippen molar-refractivity contribution in [2.75, 3.05) is 13.1 Å². The van der Waals surface area contributed by atoms with Gasteiger partial charge in [-0.05, 0) is 13.0 Å². The molecule has 0 saturated carbocycles. The van der Waals surface area contributed by atoms with Gasteiger partial charge < -0.3 is 5.73 Å². The lowest BCUT2D eigenvalue weighted by molar-refractivity contribution is 0.776. The van der Waals surface area contributed by atoms with Crippen molar-refractivity contribution in [3.8, 4) is 0 Å². The average Bonchev–Trinajstić information content (AvgIpc) is 1.69. The topological polar surface area (TPSA) is 76.3 Å². The first-order valence-corrected chi connectivity index (χ1v) is 2.15. The normalized spacial score (nSPS) is 6.62. The SMILES string of the molecule is Cl.N=[N+]=NCCCN. The Morgan fingerprint density at radius 1 is 1.62 bits per heavy atom. The minimum Gasteiger partial charge on any atom is -0.330 e. The zero-order valence-electron chi connectivity index (χ0n) is 4.50. The lowest BCUT2D eigenvalue weighted by Crippen LogP contribution is -1.99. The van der Waals surface area contributed by atoms with E-state index in [0.717, 1.165) is 6.42 Å². The summed E-state index contributed by atoms with van der Waals surface area (Å²) >= 11 is 0. The van der Waals surface area contributed by atoms with Crippen LogP contribution in [0.1, 0.15) is 6.42 Å². The van der Waals surface area contributed by atoms with Crippen molar-refractivity contribution in [3.63, 3.8) is 0 Å². The predicted molar refractivity (Wildman–Crippen MR) is 33.1 cm³/mol. The van der Waals surface area contributed by atoms with Gasteiger partial charge in [0.25, 0.3) is 0 Å². The fraction of sp³-hybridized carbons (Fsp3) is 1.00. The number of nitrogens with one attached hydrogen (secondary N) is 1. The number of nitrogens with two attached hydrogens (primary N) is 1. The number of hydrogen-bond donors (Lipinski definition) is 2. The molecule has 8 heavy (non-hydrogen) atoms. The number of hydrogen-bond acceptors (Lipinski definition) is 3. The smallest absolute Gasteiger partial charge is 0.214 e. The molecule has 4 nitrogen and oxygen atoms in total. The van der Waals surface area contributed by atoms with Crippen LogP contribution in [-0.2, 0) is 0 Å². The Bertz CT molecular complexity index is 77.4. The molecule has 0 fully saturated rings. The Kier molecular flexibility index (Phi) is 12.8. The second-order valence-electron chi connectivity index (χ2n) is 1.11. The molecule has 0 aromatic rings. The van der Waals surface area contributed by atoms with Gasteiger partial charge in [0.2, 0.25) is 4.91 Å². The lowest BCUT2D eigenvalue weighted by Gasteiger charge is -1.76. The molecule has 0 aliphatic heterocycles.